The first-order valence-electron chi connectivity index (χ1n) is 10.5. The predicted octanol–water partition coefficient (Wildman–Crippen LogP) is 1.33. The van der Waals surface area contributed by atoms with E-state index in [1.54, 1.807) is 18.3 Å². The lowest BCUT2D eigenvalue weighted by Crippen LogP contribution is -2.51. The van der Waals surface area contributed by atoms with E-state index in [1.165, 1.54) is 25.9 Å². The summed E-state index contributed by atoms with van der Waals surface area (Å²) in [5.74, 6) is 2.40. The van der Waals surface area contributed by atoms with Crippen LogP contribution < -0.4 is 10.6 Å². The Labute approximate surface area is 166 Å². The molecule has 0 aromatic carbocycles. The quantitative estimate of drug-likeness (QED) is 0.497. The van der Waals surface area contributed by atoms with Crippen molar-refractivity contribution >= 4 is 16.0 Å². The highest BCUT2D eigenvalue weighted by atomic mass is 32.2. The molecule has 2 fully saturated rings. The van der Waals surface area contributed by atoms with Crippen LogP contribution >= 0.6 is 0 Å². The Morgan fingerprint density at radius 3 is 2.48 bits per heavy atom. The second-order valence-electron chi connectivity index (χ2n) is 8.33. The second kappa shape index (κ2) is 10.6. The number of nitrogens with zero attached hydrogens (tertiary/aromatic N) is 3. The van der Waals surface area contributed by atoms with Crippen molar-refractivity contribution in [2.75, 3.05) is 52.1 Å². The highest BCUT2D eigenvalue weighted by molar-refractivity contribution is 7.89. The van der Waals surface area contributed by atoms with Gasteiger partial charge in [0.1, 0.15) is 0 Å². The number of sulfonamides is 1. The molecule has 0 radical (unpaired) electrons. The van der Waals surface area contributed by atoms with E-state index in [0.29, 0.717) is 24.9 Å². The fourth-order valence-corrected chi connectivity index (χ4v) is 5.22. The van der Waals surface area contributed by atoms with Gasteiger partial charge in [0.2, 0.25) is 10.0 Å². The lowest BCUT2D eigenvalue weighted by molar-refractivity contribution is 0.159. The number of hydrogen-bond acceptors (Lipinski definition) is 4. The number of nitrogens with one attached hydrogen (secondary N) is 2. The summed E-state index contributed by atoms with van der Waals surface area (Å²) in [6.07, 6.45) is 4.19. The third-order valence-electron chi connectivity index (χ3n) is 5.56. The van der Waals surface area contributed by atoms with E-state index >= 15 is 0 Å². The fraction of sp³-hybridized carbons (Fsp3) is 0.947. The van der Waals surface area contributed by atoms with Gasteiger partial charge in [-0.15, -0.1) is 0 Å². The Hall–Kier alpha value is -0.860. The van der Waals surface area contributed by atoms with Gasteiger partial charge >= 0.3 is 0 Å². The average Bonchev–Trinajstić information content (AvgIpc) is 2.65. The van der Waals surface area contributed by atoms with Crippen LogP contribution in [0.15, 0.2) is 4.99 Å². The lowest BCUT2D eigenvalue weighted by atomic mass is 9.97. The Kier molecular flexibility index (Phi) is 8.82. The number of hydrogen-bond donors (Lipinski definition) is 2. The number of guanidine groups is 1. The number of aliphatic imine (C=N–C) groups is 1. The summed E-state index contributed by atoms with van der Waals surface area (Å²) in [7, 11) is -1.26. The molecule has 0 saturated carbocycles. The maximum Gasteiger partial charge on any atom is 0.213 e. The normalized spacial score (nSPS) is 24.3. The molecular weight excluding hydrogens is 362 g/mol. The highest BCUT2D eigenvalue weighted by Crippen LogP contribution is 2.17. The Balaban J connectivity index is 1.73. The molecule has 158 valence electrons. The molecule has 1 atom stereocenters. The summed E-state index contributed by atoms with van der Waals surface area (Å²) in [4.78, 5) is 6.95. The van der Waals surface area contributed by atoms with Crippen LogP contribution in [-0.4, -0.2) is 81.7 Å². The molecule has 0 amide bonds. The molecule has 2 aliphatic rings. The highest BCUT2D eigenvalue weighted by Gasteiger charge is 2.27. The van der Waals surface area contributed by atoms with Gasteiger partial charge in [-0.05, 0) is 51.0 Å². The van der Waals surface area contributed by atoms with Crippen LogP contribution in [0, 0.1) is 11.8 Å². The molecule has 1 unspecified atom stereocenters. The van der Waals surface area contributed by atoms with Crippen LogP contribution in [0.1, 0.15) is 46.5 Å². The van der Waals surface area contributed by atoms with Crippen molar-refractivity contribution in [1.29, 1.82) is 0 Å². The molecule has 2 heterocycles. The van der Waals surface area contributed by atoms with Gasteiger partial charge in [-0.3, -0.25) is 4.99 Å². The summed E-state index contributed by atoms with van der Waals surface area (Å²) < 4.78 is 25.6. The van der Waals surface area contributed by atoms with Crippen LogP contribution in [0.2, 0.25) is 0 Å². The minimum absolute atomic E-state index is 0.184. The van der Waals surface area contributed by atoms with Crippen molar-refractivity contribution in [2.45, 2.75) is 52.5 Å². The molecule has 0 aromatic rings. The average molecular weight is 402 g/mol. The van der Waals surface area contributed by atoms with E-state index in [1.807, 2.05) is 0 Å². The molecule has 0 spiro atoms. The van der Waals surface area contributed by atoms with Crippen molar-refractivity contribution < 1.29 is 8.42 Å². The van der Waals surface area contributed by atoms with Crippen molar-refractivity contribution in [2.24, 2.45) is 16.8 Å². The maximum absolute atomic E-state index is 12.0. The van der Waals surface area contributed by atoms with Crippen molar-refractivity contribution in [1.82, 2.24) is 19.8 Å². The zero-order valence-corrected chi connectivity index (χ0v) is 18.4. The van der Waals surface area contributed by atoms with Crippen molar-refractivity contribution in [3.63, 3.8) is 0 Å². The summed E-state index contributed by atoms with van der Waals surface area (Å²) in [5.41, 5.74) is 0. The summed E-state index contributed by atoms with van der Waals surface area (Å²) in [6.45, 7) is 12.0. The van der Waals surface area contributed by atoms with Gasteiger partial charge in [0.25, 0.3) is 0 Å². The standard InChI is InChI=1S/C19H39N5O2S/c1-5-27(25,26)24-11-8-18(9-12-24)22-19(20-4)21-13-17-7-6-10-23(15-17)14-16(2)3/h16-18H,5-15H2,1-4H3,(H2,20,21,22). The van der Waals surface area contributed by atoms with Gasteiger partial charge < -0.3 is 15.5 Å². The monoisotopic (exact) mass is 401 g/mol. The van der Waals surface area contributed by atoms with Gasteiger partial charge in [-0.25, -0.2) is 12.7 Å². The summed E-state index contributed by atoms with van der Waals surface area (Å²) in [5, 5.41) is 6.98. The van der Waals surface area contributed by atoms with Gasteiger partial charge in [0, 0.05) is 45.8 Å². The zero-order valence-electron chi connectivity index (χ0n) is 17.6. The molecule has 0 aromatic heterocycles. The van der Waals surface area contributed by atoms with E-state index in [-0.39, 0.29) is 11.8 Å². The molecule has 2 aliphatic heterocycles. The van der Waals surface area contributed by atoms with E-state index in [9.17, 15) is 8.42 Å². The van der Waals surface area contributed by atoms with Crippen molar-refractivity contribution in [3.05, 3.63) is 0 Å². The smallest absolute Gasteiger partial charge is 0.213 e. The Bertz CT molecular complexity index is 571. The number of rotatable bonds is 7. The third-order valence-corrected chi connectivity index (χ3v) is 7.44. The Morgan fingerprint density at radius 2 is 1.89 bits per heavy atom. The van der Waals surface area contributed by atoms with Crippen LogP contribution in [-0.2, 0) is 10.0 Å². The predicted molar refractivity (Wildman–Crippen MR) is 113 cm³/mol. The molecular formula is C19H39N5O2S. The summed E-state index contributed by atoms with van der Waals surface area (Å²) >= 11 is 0. The molecule has 2 rings (SSSR count). The SMILES string of the molecule is CCS(=O)(=O)N1CCC(NC(=NC)NCC2CCCN(CC(C)C)C2)CC1. The third kappa shape index (κ3) is 7.23. The molecule has 2 N–H and O–H groups in total. The van der Waals surface area contributed by atoms with E-state index in [4.69, 9.17) is 0 Å². The first kappa shape index (κ1) is 22.4. The van der Waals surface area contributed by atoms with Gasteiger partial charge in [0.05, 0.1) is 5.75 Å². The van der Waals surface area contributed by atoms with Gasteiger partial charge in [-0.1, -0.05) is 13.8 Å². The van der Waals surface area contributed by atoms with Gasteiger partial charge in [0.15, 0.2) is 5.96 Å². The van der Waals surface area contributed by atoms with E-state index in [2.05, 4.69) is 34.4 Å². The van der Waals surface area contributed by atoms with Crippen LogP contribution in [0.25, 0.3) is 0 Å². The van der Waals surface area contributed by atoms with Crippen LogP contribution in [0.4, 0.5) is 0 Å². The van der Waals surface area contributed by atoms with Crippen molar-refractivity contribution in [3.8, 4) is 0 Å². The zero-order chi connectivity index (χ0) is 19.9. The summed E-state index contributed by atoms with van der Waals surface area (Å²) in [6, 6.07) is 0.281. The minimum atomic E-state index is -3.06. The molecule has 7 nitrogen and oxygen atoms in total. The first-order chi connectivity index (χ1) is 12.8. The number of piperidine rings is 2. The molecule has 0 bridgehead atoms. The second-order valence-corrected chi connectivity index (χ2v) is 10.6. The molecule has 0 aliphatic carbocycles. The van der Waals surface area contributed by atoms with E-state index < -0.39 is 10.0 Å². The molecule has 8 heteroatoms. The fourth-order valence-electron chi connectivity index (χ4n) is 4.09. The molecule has 27 heavy (non-hydrogen) atoms. The number of likely N-dealkylation sites (tertiary alicyclic amines) is 1. The lowest BCUT2D eigenvalue weighted by Gasteiger charge is -2.35. The van der Waals surface area contributed by atoms with Crippen LogP contribution in [0.3, 0.4) is 0 Å². The maximum atomic E-state index is 12.0. The van der Waals surface area contributed by atoms with E-state index in [0.717, 1.165) is 31.9 Å². The largest absolute Gasteiger partial charge is 0.356 e. The Morgan fingerprint density at radius 1 is 1.19 bits per heavy atom. The first-order valence-corrected chi connectivity index (χ1v) is 12.1. The topological polar surface area (TPSA) is 77.0 Å². The minimum Gasteiger partial charge on any atom is -0.356 e. The van der Waals surface area contributed by atoms with Gasteiger partial charge in [-0.2, -0.15) is 0 Å². The molecule has 2 saturated heterocycles. The van der Waals surface area contributed by atoms with Crippen LogP contribution in [0.5, 0.6) is 0 Å².